The first-order chi connectivity index (χ1) is 7.83. The molecule has 1 atom stereocenters. The molecule has 0 spiro atoms. The quantitative estimate of drug-likeness (QED) is 0.796. The number of nitrogens with two attached hydrogens (primary N) is 1. The minimum atomic E-state index is 0.250. The van der Waals surface area contributed by atoms with Crippen LogP contribution in [0.4, 0.5) is 0 Å². The molecule has 1 aliphatic rings. The molecule has 3 nitrogen and oxygen atoms in total. The number of benzene rings is 1. The lowest BCUT2D eigenvalue weighted by atomic mass is 9.91. The van der Waals surface area contributed by atoms with Gasteiger partial charge in [-0.2, -0.15) is 0 Å². The summed E-state index contributed by atoms with van der Waals surface area (Å²) in [5.41, 5.74) is 7.04. The van der Waals surface area contributed by atoms with Crippen molar-refractivity contribution in [1.29, 1.82) is 0 Å². The van der Waals surface area contributed by atoms with Gasteiger partial charge in [0.05, 0.1) is 7.11 Å². The maximum atomic E-state index is 5.82. The van der Waals surface area contributed by atoms with E-state index in [1.165, 1.54) is 24.8 Å². The lowest BCUT2D eigenvalue weighted by molar-refractivity contribution is 0.307. The third kappa shape index (κ3) is 2.54. The number of hydrogen-bond donors (Lipinski definition) is 2. The number of nitrogens with one attached hydrogen (secondary N) is 1. The van der Waals surface area contributed by atoms with Crippen molar-refractivity contribution in [2.45, 2.75) is 31.3 Å². The molecule has 1 aromatic carbocycles. The van der Waals surface area contributed by atoms with E-state index in [0.717, 1.165) is 5.75 Å². The smallest absolute Gasteiger partial charge is 0.119 e. The first-order valence-corrected chi connectivity index (χ1v) is 5.93. The molecule has 1 fully saturated rings. The standard InChI is InChI=1S/C13H20N2O/c1-16-12-7-2-4-10(8-12)13(9-14)15-11-5-3-6-11/h2,4,7-8,11,13,15H,3,5-6,9,14H2,1H3. The van der Waals surface area contributed by atoms with E-state index in [2.05, 4.69) is 17.4 Å². The van der Waals surface area contributed by atoms with Gasteiger partial charge in [0.25, 0.3) is 0 Å². The number of hydrogen-bond acceptors (Lipinski definition) is 3. The van der Waals surface area contributed by atoms with Crippen LogP contribution in [0.25, 0.3) is 0 Å². The highest BCUT2D eigenvalue weighted by Gasteiger charge is 2.21. The average Bonchev–Trinajstić information content (AvgIpc) is 2.28. The van der Waals surface area contributed by atoms with Gasteiger partial charge >= 0.3 is 0 Å². The molecular formula is C13H20N2O. The van der Waals surface area contributed by atoms with Gasteiger partial charge in [-0.3, -0.25) is 0 Å². The molecule has 0 aliphatic heterocycles. The molecule has 1 aromatic rings. The molecule has 0 bridgehead atoms. The van der Waals surface area contributed by atoms with E-state index in [1.807, 2.05) is 12.1 Å². The summed E-state index contributed by atoms with van der Waals surface area (Å²) in [5, 5.41) is 3.59. The summed E-state index contributed by atoms with van der Waals surface area (Å²) in [7, 11) is 1.69. The predicted molar refractivity (Wildman–Crippen MR) is 65.6 cm³/mol. The number of ether oxygens (including phenoxy) is 1. The highest BCUT2D eigenvalue weighted by molar-refractivity contribution is 5.30. The summed E-state index contributed by atoms with van der Waals surface area (Å²) >= 11 is 0. The monoisotopic (exact) mass is 220 g/mol. The van der Waals surface area contributed by atoms with Gasteiger partial charge in [0.1, 0.15) is 5.75 Å². The van der Waals surface area contributed by atoms with Crippen LogP contribution in [-0.4, -0.2) is 19.7 Å². The van der Waals surface area contributed by atoms with Gasteiger partial charge in [-0.15, -0.1) is 0 Å². The zero-order chi connectivity index (χ0) is 11.4. The minimum absolute atomic E-state index is 0.250. The van der Waals surface area contributed by atoms with Crippen LogP contribution in [0.2, 0.25) is 0 Å². The van der Waals surface area contributed by atoms with Crippen molar-refractivity contribution in [3.05, 3.63) is 29.8 Å². The van der Waals surface area contributed by atoms with E-state index in [-0.39, 0.29) is 6.04 Å². The third-order valence-corrected chi connectivity index (χ3v) is 3.27. The predicted octanol–water partition coefficient (Wildman–Crippen LogP) is 1.84. The molecule has 0 aromatic heterocycles. The second kappa shape index (κ2) is 5.32. The summed E-state index contributed by atoms with van der Waals surface area (Å²) < 4.78 is 5.23. The Morgan fingerprint density at radius 2 is 2.31 bits per heavy atom. The molecule has 0 amide bonds. The Morgan fingerprint density at radius 1 is 1.50 bits per heavy atom. The molecule has 0 saturated heterocycles. The summed E-state index contributed by atoms with van der Waals surface area (Å²) in [5.74, 6) is 0.895. The fourth-order valence-corrected chi connectivity index (χ4v) is 2.02. The minimum Gasteiger partial charge on any atom is -0.497 e. The van der Waals surface area contributed by atoms with E-state index >= 15 is 0 Å². The van der Waals surface area contributed by atoms with Crippen molar-refractivity contribution in [1.82, 2.24) is 5.32 Å². The molecule has 3 N–H and O–H groups in total. The first-order valence-electron chi connectivity index (χ1n) is 5.93. The number of methoxy groups -OCH3 is 1. The van der Waals surface area contributed by atoms with E-state index in [4.69, 9.17) is 10.5 Å². The van der Waals surface area contributed by atoms with Crippen LogP contribution in [0, 0.1) is 0 Å². The molecule has 0 heterocycles. The Morgan fingerprint density at radius 3 is 2.88 bits per heavy atom. The van der Waals surface area contributed by atoms with E-state index < -0.39 is 0 Å². The fourth-order valence-electron chi connectivity index (χ4n) is 2.02. The maximum Gasteiger partial charge on any atom is 0.119 e. The first kappa shape index (κ1) is 11.4. The van der Waals surface area contributed by atoms with Crippen LogP contribution in [0.15, 0.2) is 24.3 Å². The highest BCUT2D eigenvalue weighted by Crippen LogP contribution is 2.24. The van der Waals surface area contributed by atoms with Gasteiger partial charge in [0.2, 0.25) is 0 Å². The van der Waals surface area contributed by atoms with Crippen molar-refractivity contribution in [2.75, 3.05) is 13.7 Å². The van der Waals surface area contributed by atoms with Crippen molar-refractivity contribution in [3.63, 3.8) is 0 Å². The molecule has 1 unspecified atom stereocenters. The summed E-state index contributed by atoms with van der Waals surface area (Å²) in [6.45, 7) is 0.629. The summed E-state index contributed by atoms with van der Waals surface area (Å²) in [6.07, 6.45) is 3.90. The van der Waals surface area contributed by atoms with Crippen LogP contribution < -0.4 is 15.8 Å². The molecule has 1 saturated carbocycles. The van der Waals surface area contributed by atoms with Crippen molar-refractivity contribution >= 4 is 0 Å². The van der Waals surface area contributed by atoms with Gasteiger partial charge < -0.3 is 15.8 Å². The number of rotatable bonds is 5. The SMILES string of the molecule is COc1cccc(C(CN)NC2CCC2)c1. The molecule has 0 radical (unpaired) electrons. The van der Waals surface area contributed by atoms with Crippen LogP contribution in [0.5, 0.6) is 5.75 Å². The molecular weight excluding hydrogens is 200 g/mol. The van der Waals surface area contributed by atoms with Crippen LogP contribution in [0.3, 0.4) is 0 Å². The van der Waals surface area contributed by atoms with Gasteiger partial charge in [-0.1, -0.05) is 18.6 Å². The summed E-state index contributed by atoms with van der Waals surface area (Å²) in [6, 6.07) is 9.04. The third-order valence-electron chi connectivity index (χ3n) is 3.27. The Balaban J connectivity index is 2.05. The Labute approximate surface area is 97.0 Å². The van der Waals surface area contributed by atoms with E-state index in [9.17, 15) is 0 Å². The van der Waals surface area contributed by atoms with Crippen molar-refractivity contribution in [2.24, 2.45) is 5.73 Å². The van der Waals surface area contributed by atoms with Gasteiger partial charge in [0, 0.05) is 18.6 Å². The zero-order valence-electron chi connectivity index (χ0n) is 9.78. The van der Waals surface area contributed by atoms with Crippen LogP contribution >= 0.6 is 0 Å². The van der Waals surface area contributed by atoms with Crippen molar-refractivity contribution in [3.8, 4) is 5.75 Å². The Kier molecular flexibility index (Phi) is 3.80. The van der Waals surface area contributed by atoms with E-state index in [0.29, 0.717) is 12.6 Å². The maximum absolute atomic E-state index is 5.82. The topological polar surface area (TPSA) is 47.3 Å². The summed E-state index contributed by atoms with van der Waals surface area (Å²) in [4.78, 5) is 0. The second-order valence-electron chi connectivity index (χ2n) is 4.36. The molecule has 2 rings (SSSR count). The lowest BCUT2D eigenvalue weighted by Crippen LogP contribution is -2.40. The molecule has 88 valence electrons. The Hall–Kier alpha value is -1.06. The van der Waals surface area contributed by atoms with Gasteiger partial charge in [0.15, 0.2) is 0 Å². The van der Waals surface area contributed by atoms with E-state index in [1.54, 1.807) is 7.11 Å². The fraction of sp³-hybridized carbons (Fsp3) is 0.538. The molecule has 16 heavy (non-hydrogen) atoms. The molecule has 1 aliphatic carbocycles. The molecule has 3 heteroatoms. The van der Waals surface area contributed by atoms with Gasteiger partial charge in [-0.25, -0.2) is 0 Å². The largest absolute Gasteiger partial charge is 0.497 e. The Bertz CT molecular complexity index is 336. The van der Waals surface area contributed by atoms with Gasteiger partial charge in [-0.05, 0) is 30.5 Å². The normalized spacial score (nSPS) is 17.9. The van der Waals surface area contributed by atoms with Crippen LogP contribution in [-0.2, 0) is 0 Å². The lowest BCUT2D eigenvalue weighted by Gasteiger charge is -2.31. The zero-order valence-corrected chi connectivity index (χ0v) is 9.78. The van der Waals surface area contributed by atoms with Crippen molar-refractivity contribution < 1.29 is 4.74 Å². The second-order valence-corrected chi connectivity index (χ2v) is 4.36. The average molecular weight is 220 g/mol. The highest BCUT2D eigenvalue weighted by atomic mass is 16.5. The van der Waals surface area contributed by atoms with Crippen LogP contribution in [0.1, 0.15) is 30.9 Å².